The first-order valence-electron chi connectivity index (χ1n) is 6.00. The molecule has 0 aliphatic heterocycles. The van der Waals surface area contributed by atoms with Crippen LogP contribution in [0.1, 0.15) is 44.5 Å². The van der Waals surface area contributed by atoms with Crippen molar-refractivity contribution in [2.24, 2.45) is 0 Å². The first-order valence-corrected chi connectivity index (χ1v) is 6.00. The summed E-state index contributed by atoms with van der Waals surface area (Å²) in [6.45, 7) is 6.11. The maximum absolute atomic E-state index is 12.2. The molecule has 7 nitrogen and oxygen atoms in total. The standard InChI is InChI=1S/C11H16N6O/c1-4-5-9-10(8(2)3)17(15-13-9)11(18)16-7-6-12-14-16/h6-8H,4-5H2,1-3H3. The summed E-state index contributed by atoms with van der Waals surface area (Å²) in [7, 11) is 0. The molecular weight excluding hydrogens is 232 g/mol. The zero-order valence-electron chi connectivity index (χ0n) is 10.7. The summed E-state index contributed by atoms with van der Waals surface area (Å²) in [5.41, 5.74) is 1.72. The van der Waals surface area contributed by atoms with Crippen LogP contribution in [-0.4, -0.2) is 36.0 Å². The number of aryl methyl sites for hydroxylation is 1. The van der Waals surface area contributed by atoms with Gasteiger partial charge in [-0.05, 0) is 12.3 Å². The van der Waals surface area contributed by atoms with E-state index in [1.807, 2.05) is 13.8 Å². The molecule has 0 N–H and O–H groups in total. The molecule has 0 amide bonds. The van der Waals surface area contributed by atoms with Crippen LogP contribution >= 0.6 is 0 Å². The Hall–Kier alpha value is -2.05. The molecule has 2 rings (SSSR count). The van der Waals surface area contributed by atoms with Crippen LogP contribution in [-0.2, 0) is 6.42 Å². The van der Waals surface area contributed by atoms with Gasteiger partial charge in [0.05, 0.1) is 23.8 Å². The fourth-order valence-electron chi connectivity index (χ4n) is 1.86. The minimum absolute atomic E-state index is 0.175. The Morgan fingerprint density at radius 3 is 2.72 bits per heavy atom. The van der Waals surface area contributed by atoms with Crippen molar-refractivity contribution < 1.29 is 4.79 Å². The van der Waals surface area contributed by atoms with Gasteiger partial charge in [-0.1, -0.05) is 37.6 Å². The first-order chi connectivity index (χ1) is 8.65. The number of carbonyl (C=O) groups is 1. The summed E-state index contributed by atoms with van der Waals surface area (Å²) in [4.78, 5) is 12.2. The Balaban J connectivity index is 2.42. The lowest BCUT2D eigenvalue weighted by molar-refractivity contribution is 0.236. The highest BCUT2D eigenvalue weighted by Gasteiger charge is 2.21. The normalized spacial score (nSPS) is 11.1. The summed E-state index contributed by atoms with van der Waals surface area (Å²) in [5.74, 6) is 0.175. The van der Waals surface area contributed by atoms with E-state index in [1.165, 1.54) is 17.1 Å². The lowest BCUT2D eigenvalue weighted by Crippen LogP contribution is -2.24. The second-order valence-electron chi connectivity index (χ2n) is 4.37. The van der Waals surface area contributed by atoms with Gasteiger partial charge in [-0.3, -0.25) is 0 Å². The molecule has 0 radical (unpaired) electrons. The van der Waals surface area contributed by atoms with Crippen LogP contribution in [0.5, 0.6) is 0 Å². The van der Waals surface area contributed by atoms with Crippen LogP contribution < -0.4 is 0 Å². The van der Waals surface area contributed by atoms with Crippen molar-refractivity contribution in [1.29, 1.82) is 0 Å². The summed E-state index contributed by atoms with van der Waals surface area (Å²) in [6.07, 6.45) is 4.73. The zero-order valence-corrected chi connectivity index (χ0v) is 10.7. The highest BCUT2D eigenvalue weighted by atomic mass is 16.2. The average Bonchev–Trinajstić information content (AvgIpc) is 2.97. The third-order valence-electron chi connectivity index (χ3n) is 2.61. The molecule has 18 heavy (non-hydrogen) atoms. The summed E-state index contributed by atoms with van der Waals surface area (Å²) >= 11 is 0. The van der Waals surface area contributed by atoms with Gasteiger partial charge in [-0.25, -0.2) is 4.79 Å². The number of rotatable bonds is 3. The lowest BCUT2D eigenvalue weighted by atomic mass is 10.1. The van der Waals surface area contributed by atoms with E-state index in [0.29, 0.717) is 0 Å². The van der Waals surface area contributed by atoms with Crippen molar-refractivity contribution >= 4 is 6.03 Å². The van der Waals surface area contributed by atoms with E-state index in [2.05, 4.69) is 27.5 Å². The van der Waals surface area contributed by atoms with Gasteiger partial charge in [0, 0.05) is 0 Å². The number of nitrogens with zero attached hydrogens (tertiary/aromatic N) is 6. The molecule has 0 aromatic carbocycles. The molecule has 0 spiro atoms. The summed E-state index contributed by atoms with van der Waals surface area (Å²) < 4.78 is 2.46. The van der Waals surface area contributed by atoms with Gasteiger partial charge in [0.15, 0.2) is 0 Å². The molecule has 0 aliphatic rings. The highest BCUT2D eigenvalue weighted by molar-refractivity contribution is 5.78. The number of carbonyl (C=O) groups excluding carboxylic acids is 1. The van der Waals surface area contributed by atoms with Crippen molar-refractivity contribution in [3.05, 3.63) is 23.8 Å². The highest BCUT2D eigenvalue weighted by Crippen LogP contribution is 2.18. The van der Waals surface area contributed by atoms with Crippen LogP contribution in [0.15, 0.2) is 12.4 Å². The van der Waals surface area contributed by atoms with Gasteiger partial charge in [0.2, 0.25) is 0 Å². The van der Waals surface area contributed by atoms with E-state index < -0.39 is 0 Å². The Labute approximate surface area is 105 Å². The maximum atomic E-state index is 12.2. The van der Waals surface area contributed by atoms with Gasteiger partial charge < -0.3 is 0 Å². The minimum atomic E-state index is -0.356. The third-order valence-corrected chi connectivity index (χ3v) is 2.61. The number of hydrogen-bond acceptors (Lipinski definition) is 5. The topological polar surface area (TPSA) is 78.5 Å². The van der Waals surface area contributed by atoms with E-state index in [-0.39, 0.29) is 11.9 Å². The molecule has 0 fully saturated rings. The molecule has 2 heterocycles. The van der Waals surface area contributed by atoms with E-state index in [9.17, 15) is 4.79 Å². The van der Waals surface area contributed by atoms with Gasteiger partial charge in [-0.15, -0.1) is 10.2 Å². The van der Waals surface area contributed by atoms with Crippen molar-refractivity contribution in [3.8, 4) is 0 Å². The van der Waals surface area contributed by atoms with Crippen LogP contribution in [0.4, 0.5) is 4.79 Å². The van der Waals surface area contributed by atoms with Gasteiger partial charge in [0.25, 0.3) is 0 Å². The molecule has 2 aromatic rings. The summed E-state index contributed by atoms with van der Waals surface area (Å²) in [5, 5.41) is 15.3. The lowest BCUT2D eigenvalue weighted by Gasteiger charge is -2.08. The zero-order chi connectivity index (χ0) is 13.1. The quantitative estimate of drug-likeness (QED) is 0.821. The fraction of sp³-hybridized carbons (Fsp3) is 0.545. The maximum Gasteiger partial charge on any atom is 0.372 e. The van der Waals surface area contributed by atoms with Gasteiger partial charge in [0.1, 0.15) is 0 Å². The van der Waals surface area contributed by atoms with Gasteiger partial charge in [-0.2, -0.15) is 9.36 Å². The molecule has 0 unspecified atom stereocenters. The van der Waals surface area contributed by atoms with E-state index in [4.69, 9.17) is 0 Å². The van der Waals surface area contributed by atoms with Crippen LogP contribution in [0.2, 0.25) is 0 Å². The second kappa shape index (κ2) is 5.07. The van der Waals surface area contributed by atoms with Crippen LogP contribution in [0.3, 0.4) is 0 Å². The Kier molecular flexibility index (Phi) is 3.50. The molecule has 0 saturated heterocycles. The van der Waals surface area contributed by atoms with Gasteiger partial charge >= 0.3 is 6.03 Å². The average molecular weight is 248 g/mol. The fourth-order valence-corrected chi connectivity index (χ4v) is 1.86. The molecule has 0 bridgehead atoms. The van der Waals surface area contributed by atoms with E-state index >= 15 is 0 Å². The van der Waals surface area contributed by atoms with Crippen molar-refractivity contribution in [3.63, 3.8) is 0 Å². The van der Waals surface area contributed by atoms with Crippen LogP contribution in [0, 0.1) is 0 Å². The Bertz CT molecular complexity index is 528. The molecule has 7 heteroatoms. The molecule has 96 valence electrons. The molecule has 2 aromatic heterocycles. The third kappa shape index (κ3) is 2.15. The van der Waals surface area contributed by atoms with Crippen molar-refractivity contribution in [1.82, 2.24) is 30.0 Å². The molecule has 0 saturated carbocycles. The number of hydrogen-bond donors (Lipinski definition) is 0. The number of aromatic nitrogens is 6. The second-order valence-corrected chi connectivity index (χ2v) is 4.37. The SMILES string of the molecule is CCCc1nnn(C(=O)n2ccnn2)c1C(C)C. The van der Waals surface area contributed by atoms with Crippen LogP contribution in [0.25, 0.3) is 0 Å². The molecule has 0 atom stereocenters. The van der Waals surface area contributed by atoms with Crippen molar-refractivity contribution in [2.45, 2.75) is 39.5 Å². The molecular formula is C11H16N6O. The molecule has 0 aliphatic carbocycles. The monoisotopic (exact) mass is 248 g/mol. The van der Waals surface area contributed by atoms with Crippen molar-refractivity contribution in [2.75, 3.05) is 0 Å². The summed E-state index contributed by atoms with van der Waals surface area (Å²) in [6, 6.07) is -0.356. The predicted octanol–water partition coefficient (Wildman–Crippen LogP) is 1.46. The Morgan fingerprint density at radius 1 is 1.39 bits per heavy atom. The van der Waals surface area contributed by atoms with E-state index in [0.717, 1.165) is 28.9 Å². The Morgan fingerprint density at radius 2 is 2.17 bits per heavy atom. The predicted molar refractivity (Wildman–Crippen MR) is 64.3 cm³/mol. The van der Waals surface area contributed by atoms with E-state index in [1.54, 1.807) is 0 Å². The largest absolute Gasteiger partial charge is 0.372 e. The smallest absolute Gasteiger partial charge is 0.243 e. The minimum Gasteiger partial charge on any atom is -0.243 e. The first kappa shape index (κ1) is 12.4.